The molecule has 0 unspecified atom stereocenters. The second-order valence-electron chi connectivity index (χ2n) is 6.46. The summed E-state index contributed by atoms with van der Waals surface area (Å²) in [6.07, 6.45) is 6.60. The number of aromatic nitrogens is 2. The summed E-state index contributed by atoms with van der Waals surface area (Å²) in [7, 11) is 0. The van der Waals surface area contributed by atoms with Gasteiger partial charge in [0.05, 0.1) is 6.20 Å². The molecule has 6 nitrogen and oxygen atoms in total. The van der Waals surface area contributed by atoms with Gasteiger partial charge in [-0.15, -0.1) is 0 Å². The third-order valence-electron chi connectivity index (χ3n) is 4.65. The second kappa shape index (κ2) is 8.69. The lowest BCUT2D eigenvalue weighted by Gasteiger charge is -2.17. The van der Waals surface area contributed by atoms with Crippen LogP contribution in [0, 0.1) is 5.92 Å². The number of aliphatic hydroxyl groups is 1. The molecule has 0 spiro atoms. The third kappa shape index (κ3) is 4.84. The van der Waals surface area contributed by atoms with Crippen molar-refractivity contribution in [2.24, 2.45) is 5.92 Å². The number of aliphatic hydroxyl groups excluding tert-OH is 1. The summed E-state index contributed by atoms with van der Waals surface area (Å²) in [6, 6.07) is 10.4. The summed E-state index contributed by atoms with van der Waals surface area (Å²) >= 11 is 0. The van der Waals surface area contributed by atoms with Gasteiger partial charge in [0.25, 0.3) is 5.91 Å². The van der Waals surface area contributed by atoms with E-state index in [4.69, 9.17) is 0 Å². The van der Waals surface area contributed by atoms with Crippen LogP contribution in [0.15, 0.2) is 48.9 Å². The largest absolute Gasteiger partial charge is 0.396 e. The van der Waals surface area contributed by atoms with Crippen LogP contribution in [0.5, 0.6) is 0 Å². The first kappa shape index (κ1) is 17.5. The molecule has 3 rings (SSSR count). The summed E-state index contributed by atoms with van der Waals surface area (Å²) in [4.78, 5) is 22.5. The minimum absolute atomic E-state index is 0.0531. The van der Waals surface area contributed by atoms with Crippen LogP contribution < -0.4 is 5.32 Å². The van der Waals surface area contributed by atoms with Gasteiger partial charge in [-0.2, -0.15) is 0 Å². The number of hydrogen-bond acceptors (Lipinski definition) is 5. The Labute approximate surface area is 147 Å². The molecule has 0 radical (unpaired) electrons. The summed E-state index contributed by atoms with van der Waals surface area (Å²) in [5.41, 5.74) is 1.65. The van der Waals surface area contributed by atoms with E-state index in [9.17, 15) is 9.90 Å². The first-order valence-electron chi connectivity index (χ1n) is 8.70. The Kier molecular flexibility index (Phi) is 6.09. The third-order valence-corrected chi connectivity index (χ3v) is 4.65. The molecule has 2 heterocycles. The number of carbonyl (C=O) groups is 1. The second-order valence-corrected chi connectivity index (χ2v) is 6.46. The van der Waals surface area contributed by atoms with Crippen molar-refractivity contribution in [1.29, 1.82) is 0 Å². The molecule has 1 amide bonds. The highest BCUT2D eigenvalue weighted by atomic mass is 16.3. The zero-order valence-electron chi connectivity index (χ0n) is 14.2. The van der Waals surface area contributed by atoms with Crippen LogP contribution in [-0.4, -0.2) is 58.2 Å². The molecule has 132 valence electrons. The molecule has 6 heteroatoms. The van der Waals surface area contributed by atoms with Crippen molar-refractivity contribution in [3.63, 3.8) is 0 Å². The number of aryl methyl sites for hydroxylation is 1. The number of hydrogen-bond donors (Lipinski definition) is 2. The van der Waals surface area contributed by atoms with Gasteiger partial charge in [-0.3, -0.25) is 9.78 Å². The standard InChI is InChI=1S/C19H24N4O2/c24-14-16-12-23(10-4-7-15-5-2-1-3-6-15)13-18(16)22-19(25)17-11-20-8-9-21-17/h1-3,5-6,8-9,11,16,18,24H,4,7,10,12-14H2,(H,22,25)/t16-,18+/m0/s1. The highest BCUT2D eigenvalue weighted by molar-refractivity contribution is 5.92. The van der Waals surface area contributed by atoms with Gasteiger partial charge in [-0.25, -0.2) is 4.98 Å². The molecule has 1 aliphatic rings. The van der Waals surface area contributed by atoms with Crippen LogP contribution in [0.2, 0.25) is 0 Å². The van der Waals surface area contributed by atoms with Crippen LogP contribution in [0.25, 0.3) is 0 Å². The Morgan fingerprint density at radius 2 is 2.08 bits per heavy atom. The van der Waals surface area contributed by atoms with E-state index in [1.54, 1.807) is 0 Å². The Morgan fingerprint density at radius 3 is 2.80 bits per heavy atom. The first-order chi connectivity index (χ1) is 12.3. The van der Waals surface area contributed by atoms with Crippen LogP contribution in [0.4, 0.5) is 0 Å². The number of amides is 1. The number of carbonyl (C=O) groups excluding carboxylic acids is 1. The molecule has 25 heavy (non-hydrogen) atoms. The van der Waals surface area contributed by atoms with Crippen molar-refractivity contribution in [2.75, 3.05) is 26.2 Å². The molecule has 1 fully saturated rings. The lowest BCUT2D eigenvalue weighted by molar-refractivity contribution is 0.0915. The molecule has 2 aromatic rings. The predicted molar refractivity (Wildman–Crippen MR) is 95.1 cm³/mol. The van der Waals surface area contributed by atoms with E-state index in [0.717, 1.165) is 32.5 Å². The summed E-state index contributed by atoms with van der Waals surface area (Å²) in [6.45, 7) is 2.59. The Balaban J connectivity index is 1.49. The van der Waals surface area contributed by atoms with E-state index in [0.29, 0.717) is 5.69 Å². The number of nitrogens with one attached hydrogen (secondary N) is 1. The van der Waals surface area contributed by atoms with Gasteiger partial charge in [0.15, 0.2) is 0 Å². The molecule has 1 aliphatic heterocycles. The van der Waals surface area contributed by atoms with Crippen molar-refractivity contribution in [1.82, 2.24) is 20.2 Å². The fourth-order valence-electron chi connectivity index (χ4n) is 3.30. The van der Waals surface area contributed by atoms with Crippen LogP contribution in [-0.2, 0) is 6.42 Å². The average Bonchev–Trinajstić information content (AvgIpc) is 3.05. The maximum Gasteiger partial charge on any atom is 0.271 e. The van der Waals surface area contributed by atoms with E-state index in [1.165, 1.54) is 24.2 Å². The monoisotopic (exact) mass is 340 g/mol. The van der Waals surface area contributed by atoms with Gasteiger partial charge >= 0.3 is 0 Å². The number of rotatable bonds is 7. The number of nitrogens with zero attached hydrogens (tertiary/aromatic N) is 3. The van der Waals surface area contributed by atoms with E-state index in [1.807, 2.05) is 6.07 Å². The van der Waals surface area contributed by atoms with E-state index in [-0.39, 0.29) is 24.5 Å². The van der Waals surface area contributed by atoms with Gasteiger partial charge in [0.2, 0.25) is 0 Å². The SMILES string of the molecule is O=C(N[C@@H]1CN(CCCc2ccccc2)C[C@H]1CO)c1cnccn1. The molecule has 2 N–H and O–H groups in total. The van der Waals surface area contributed by atoms with Crippen LogP contribution >= 0.6 is 0 Å². The molecular weight excluding hydrogens is 316 g/mol. The molecule has 2 atom stereocenters. The van der Waals surface area contributed by atoms with E-state index >= 15 is 0 Å². The lowest BCUT2D eigenvalue weighted by Crippen LogP contribution is -2.42. The van der Waals surface area contributed by atoms with Gasteiger partial charge in [-0.1, -0.05) is 30.3 Å². The Morgan fingerprint density at radius 1 is 1.24 bits per heavy atom. The molecule has 0 aliphatic carbocycles. The highest BCUT2D eigenvalue weighted by Crippen LogP contribution is 2.18. The van der Waals surface area contributed by atoms with Gasteiger partial charge < -0.3 is 15.3 Å². The summed E-state index contributed by atoms with van der Waals surface area (Å²) in [5.74, 6) is -0.181. The van der Waals surface area contributed by atoms with Crippen LogP contribution in [0.1, 0.15) is 22.5 Å². The minimum Gasteiger partial charge on any atom is -0.396 e. The maximum atomic E-state index is 12.3. The van der Waals surface area contributed by atoms with Gasteiger partial charge in [0.1, 0.15) is 5.69 Å². The average molecular weight is 340 g/mol. The molecule has 0 bridgehead atoms. The summed E-state index contributed by atoms with van der Waals surface area (Å²) in [5, 5.41) is 12.6. The van der Waals surface area contributed by atoms with Crippen molar-refractivity contribution in [3.05, 3.63) is 60.2 Å². The minimum atomic E-state index is -0.234. The van der Waals surface area contributed by atoms with Gasteiger partial charge in [-0.05, 0) is 24.9 Å². The van der Waals surface area contributed by atoms with Crippen LogP contribution in [0.3, 0.4) is 0 Å². The fraction of sp³-hybridized carbons (Fsp3) is 0.421. The predicted octanol–water partition coefficient (Wildman–Crippen LogP) is 1.13. The van der Waals surface area contributed by atoms with Crippen molar-refractivity contribution in [2.45, 2.75) is 18.9 Å². The molecule has 1 aromatic carbocycles. The first-order valence-corrected chi connectivity index (χ1v) is 8.70. The van der Waals surface area contributed by atoms with Crippen molar-refractivity contribution < 1.29 is 9.90 Å². The summed E-state index contributed by atoms with van der Waals surface area (Å²) < 4.78 is 0. The lowest BCUT2D eigenvalue weighted by atomic mass is 10.1. The Bertz CT molecular complexity index is 666. The normalized spacial score (nSPS) is 20.5. The smallest absolute Gasteiger partial charge is 0.271 e. The zero-order chi connectivity index (χ0) is 17.5. The maximum absolute atomic E-state index is 12.3. The van der Waals surface area contributed by atoms with E-state index in [2.05, 4.69) is 44.5 Å². The molecule has 0 saturated carbocycles. The van der Waals surface area contributed by atoms with E-state index < -0.39 is 0 Å². The fourth-order valence-corrected chi connectivity index (χ4v) is 3.30. The topological polar surface area (TPSA) is 78.4 Å². The molecule has 1 saturated heterocycles. The van der Waals surface area contributed by atoms with Gasteiger partial charge in [0, 0.05) is 44.0 Å². The zero-order valence-corrected chi connectivity index (χ0v) is 14.2. The quantitative estimate of drug-likeness (QED) is 0.790. The number of benzene rings is 1. The van der Waals surface area contributed by atoms with Crippen molar-refractivity contribution >= 4 is 5.91 Å². The highest BCUT2D eigenvalue weighted by Gasteiger charge is 2.33. The molecule has 1 aromatic heterocycles. The van der Waals surface area contributed by atoms with Crippen molar-refractivity contribution in [3.8, 4) is 0 Å². The molecular formula is C19H24N4O2. The Hall–Kier alpha value is -2.31. The number of likely N-dealkylation sites (tertiary alicyclic amines) is 1.